The first-order chi connectivity index (χ1) is 10.7. The Morgan fingerprint density at radius 2 is 2.13 bits per heavy atom. The van der Waals surface area contributed by atoms with Crippen molar-refractivity contribution in [3.63, 3.8) is 0 Å². The average Bonchev–Trinajstić information content (AvgIpc) is 2.52. The van der Waals surface area contributed by atoms with Gasteiger partial charge in [-0.2, -0.15) is 0 Å². The second kappa shape index (κ2) is 10.5. The van der Waals surface area contributed by atoms with E-state index in [4.69, 9.17) is 10.5 Å². The molecule has 2 unspecified atom stereocenters. The Morgan fingerprint density at radius 1 is 1.35 bits per heavy atom. The number of ether oxygens (including phenoxy) is 1. The molecule has 0 radical (unpaired) electrons. The van der Waals surface area contributed by atoms with Gasteiger partial charge in [-0.25, -0.2) is 0 Å². The number of nitrogens with one attached hydrogen (secondary N) is 1. The van der Waals surface area contributed by atoms with Crippen molar-refractivity contribution < 1.29 is 9.53 Å². The Hall–Kier alpha value is -1.26. The molecule has 0 spiro atoms. The Morgan fingerprint density at radius 3 is 2.87 bits per heavy atom. The third-order valence-corrected chi connectivity index (χ3v) is 4.36. The number of hydrogen-bond donors (Lipinski definition) is 2. The van der Waals surface area contributed by atoms with Gasteiger partial charge in [0.2, 0.25) is 5.91 Å². The zero-order valence-electron chi connectivity index (χ0n) is 13.9. The lowest BCUT2D eigenvalue weighted by Gasteiger charge is -2.31. The molecule has 0 aromatic heterocycles. The third-order valence-electron chi connectivity index (χ3n) is 4.36. The maximum absolute atomic E-state index is 12.0. The van der Waals surface area contributed by atoms with E-state index in [1.807, 2.05) is 31.2 Å². The maximum atomic E-state index is 12.0. The first kappa shape index (κ1) is 19.8. The molecule has 1 fully saturated rings. The third kappa shape index (κ3) is 6.80. The van der Waals surface area contributed by atoms with E-state index in [2.05, 4.69) is 5.32 Å². The number of halogens is 1. The number of carbonyl (C=O) groups is 1. The van der Waals surface area contributed by atoms with Crippen molar-refractivity contribution in [3.05, 3.63) is 29.8 Å². The lowest BCUT2D eigenvalue weighted by atomic mass is 9.84. The van der Waals surface area contributed by atoms with Crippen molar-refractivity contribution in [1.82, 2.24) is 5.32 Å². The van der Waals surface area contributed by atoms with Gasteiger partial charge in [0.1, 0.15) is 5.75 Å². The predicted octanol–water partition coefficient (Wildman–Crippen LogP) is 3.21. The van der Waals surface area contributed by atoms with Crippen molar-refractivity contribution in [2.45, 2.75) is 51.5 Å². The number of hydrogen-bond acceptors (Lipinski definition) is 3. The second-order valence-electron chi connectivity index (χ2n) is 6.22. The first-order valence-corrected chi connectivity index (χ1v) is 8.38. The van der Waals surface area contributed by atoms with Gasteiger partial charge in [-0.3, -0.25) is 4.79 Å². The van der Waals surface area contributed by atoms with Crippen LogP contribution in [0.5, 0.6) is 5.75 Å². The fraction of sp³-hybridized carbons (Fsp3) is 0.611. The van der Waals surface area contributed by atoms with Crippen LogP contribution in [0.1, 0.15) is 44.1 Å². The van der Waals surface area contributed by atoms with Gasteiger partial charge in [-0.15, -0.1) is 12.4 Å². The van der Waals surface area contributed by atoms with Gasteiger partial charge < -0.3 is 15.8 Å². The normalized spacial score (nSPS) is 20.4. The largest absolute Gasteiger partial charge is 0.494 e. The molecule has 1 amide bonds. The first-order valence-electron chi connectivity index (χ1n) is 8.38. The predicted molar refractivity (Wildman–Crippen MR) is 96.1 cm³/mol. The fourth-order valence-corrected chi connectivity index (χ4v) is 3.09. The van der Waals surface area contributed by atoms with Crippen LogP contribution in [0.3, 0.4) is 0 Å². The number of amides is 1. The summed E-state index contributed by atoms with van der Waals surface area (Å²) < 4.78 is 5.67. The quantitative estimate of drug-likeness (QED) is 0.749. The molecule has 1 saturated carbocycles. The Bertz CT molecular complexity index is 482. The van der Waals surface area contributed by atoms with E-state index in [0.717, 1.165) is 25.0 Å². The minimum absolute atomic E-state index is 0. The van der Waals surface area contributed by atoms with Gasteiger partial charge >= 0.3 is 0 Å². The Balaban J connectivity index is 0.00000264. The zero-order chi connectivity index (χ0) is 15.8. The number of benzene rings is 1. The molecule has 130 valence electrons. The summed E-state index contributed by atoms with van der Waals surface area (Å²) in [5.74, 6) is 1.44. The average molecular weight is 341 g/mol. The topological polar surface area (TPSA) is 64.3 Å². The Kier molecular flexibility index (Phi) is 9.03. The van der Waals surface area contributed by atoms with Crippen molar-refractivity contribution in [2.24, 2.45) is 11.7 Å². The molecule has 1 aromatic rings. The minimum Gasteiger partial charge on any atom is -0.494 e. The standard InChI is InChI=1S/C18H28N2O2.ClH/c1-14-6-4-8-16(12-14)22-11-5-10-18(21)20-17-9-3-2-7-15(17)13-19;/h4,6,8,12,15,17H,2-3,5,7,9-11,13,19H2,1H3,(H,20,21);1H. The molecule has 0 bridgehead atoms. The molecule has 1 aliphatic rings. The van der Waals surface area contributed by atoms with E-state index in [-0.39, 0.29) is 24.4 Å². The summed E-state index contributed by atoms with van der Waals surface area (Å²) in [4.78, 5) is 12.0. The van der Waals surface area contributed by atoms with Gasteiger partial charge in [-0.05, 0) is 56.3 Å². The molecular formula is C18H29ClN2O2. The van der Waals surface area contributed by atoms with Gasteiger partial charge in [-0.1, -0.05) is 25.0 Å². The van der Waals surface area contributed by atoms with E-state index >= 15 is 0 Å². The lowest BCUT2D eigenvalue weighted by Crippen LogP contribution is -2.44. The van der Waals surface area contributed by atoms with Crippen LogP contribution in [-0.2, 0) is 4.79 Å². The summed E-state index contributed by atoms with van der Waals surface area (Å²) in [7, 11) is 0. The number of aryl methyl sites for hydroxylation is 1. The van der Waals surface area contributed by atoms with E-state index in [0.29, 0.717) is 25.5 Å². The smallest absolute Gasteiger partial charge is 0.220 e. The number of carbonyl (C=O) groups excluding carboxylic acids is 1. The van der Waals surface area contributed by atoms with Crippen LogP contribution < -0.4 is 15.8 Å². The summed E-state index contributed by atoms with van der Waals surface area (Å²) in [5.41, 5.74) is 6.98. The van der Waals surface area contributed by atoms with Gasteiger partial charge in [0, 0.05) is 12.5 Å². The van der Waals surface area contributed by atoms with Crippen LogP contribution in [0.4, 0.5) is 0 Å². The molecule has 23 heavy (non-hydrogen) atoms. The van der Waals surface area contributed by atoms with Gasteiger partial charge in [0.25, 0.3) is 0 Å². The molecular weight excluding hydrogens is 312 g/mol. The van der Waals surface area contributed by atoms with Crippen molar-refractivity contribution in [3.8, 4) is 5.75 Å². The molecule has 2 rings (SSSR count). The van der Waals surface area contributed by atoms with Gasteiger partial charge in [0.15, 0.2) is 0 Å². The molecule has 1 aliphatic carbocycles. The van der Waals surface area contributed by atoms with Crippen LogP contribution in [-0.4, -0.2) is 25.1 Å². The number of nitrogens with two attached hydrogens (primary N) is 1. The highest BCUT2D eigenvalue weighted by molar-refractivity contribution is 5.85. The van der Waals surface area contributed by atoms with Crippen LogP contribution in [0.25, 0.3) is 0 Å². The fourth-order valence-electron chi connectivity index (χ4n) is 3.09. The summed E-state index contributed by atoms with van der Waals surface area (Å²) in [6, 6.07) is 8.24. The monoisotopic (exact) mass is 340 g/mol. The zero-order valence-corrected chi connectivity index (χ0v) is 14.7. The Labute approximate surface area is 145 Å². The highest BCUT2D eigenvalue weighted by atomic mass is 35.5. The summed E-state index contributed by atoms with van der Waals surface area (Å²) >= 11 is 0. The minimum atomic E-state index is 0. The van der Waals surface area contributed by atoms with Crippen LogP contribution in [0.15, 0.2) is 24.3 Å². The second-order valence-corrected chi connectivity index (χ2v) is 6.22. The van der Waals surface area contributed by atoms with Crippen molar-refractivity contribution >= 4 is 18.3 Å². The highest BCUT2D eigenvalue weighted by Crippen LogP contribution is 2.23. The van der Waals surface area contributed by atoms with Crippen molar-refractivity contribution in [1.29, 1.82) is 0 Å². The molecule has 3 N–H and O–H groups in total. The van der Waals surface area contributed by atoms with E-state index in [1.165, 1.54) is 18.4 Å². The van der Waals surface area contributed by atoms with Crippen LogP contribution in [0.2, 0.25) is 0 Å². The SMILES string of the molecule is Cc1cccc(OCCCC(=O)NC2CCCCC2CN)c1.Cl. The summed E-state index contributed by atoms with van der Waals surface area (Å²) in [5, 5.41) is 3.15. The number of rotatable bonds is 7. The summed E-state index contributed by atoms with van der Waals surface area (Å²) in [6.07, 6.45) is 5.88. The van der Waals surface area contributed by atoms with E-state index in [9.17, 15) is 4.79 Å². The van der Waals surface area contributed by atoms with Gasteiger partial charge in [0.05, 0.1) is 6.61 Å². The lowest BCUT2D eigenvalue weighted by molar-refractivity contribution is -0.122. The maximum Gasteiger partial charge on any atom is 0.220 e. The summed E-state index contributed by atoms with van der Waals surface area (Å²) in [6.45, 7) is 3.28. The highest BCUT2D eigenvalue weighted by Gasteiger charge is 2.24. The molecule has 5 heteroatoms. The molecule has 1 aromatic carbocycles. The molecule has 4 nitrogen and oxygen atoms in total. The van der Waals surface area contributed by atoms with Crippen LogP contribution >= 0.6 is 12.4 Å². The molecule has 0 heterocycles. The molecule has 0 saturated heterocycles. The molecule has 0 aliphatic heterocycles. The van der Waals surface area contributed by atoms with E-state index in [1.54, 1.807) is 0 Å². The van der Waals surface area contributed by atoms with Crippen molar-refractivity contribution in [2.75, 3.05) is 13.2 Å². The van der Waals surface area contributed by atoms with Crippen LogP contribution in [0, 0.1) is 12.8 Å². The van der Waals surface area contributed by atoms with E-state index < -0.39 is 0 Å². The molecule has 2 atom stereocenters.